The Kier molecular flexibility index (Phi) is 8.21. The molecule has 1 saturated carbocycles. The zero-order valence-corrected chi connectivity index (χ0v) is 22.5. The van der Waals surface area contributed by atoms with Crippen molar-refractivity contribution in [3.8, 4) is 11.3 Å². The van der Waals surface area contributed by atoms with Crippen LogP contribution in [0, 0.1) is 5.92 Å². The van der Waals surface area contributed by atoms with Gasteiger partial charge in [0.1, 0.15) is 0 Å². The summed E-state index contributed by atoms with van der Waals surface area (Å²) < 4.78 is 0. The quantitative estimate of drug-likeness (QED) is 0.227. The van der Waals surface area contributed by atoms with Crippen molar-refractivity contribution in [1.29, 1.82) is 0 Å². The molecule has 1 unspecified atom stereocenters. The number of carbonyl (C=O) groups is 2. The van der Waals surface area contributed by atoms with Gasteiger partial charge in [-0.15, -0.1) is 23.1 Å². The van der Waals surface area contributed by atoms with Gasteiger partial charge in [-0.2, -0.15) is 0 Å². The fourth-order valence-electron chi connectivity index (χ4n) is 4.74. The first-order chi connectivity index (χ1) is 18.1. The van der Waals surface area contributed by atoms with E-state index in [1.165, 1.54) is 34.9 Å². The Morgan fingerprint density at radius 2 is 1.78 bits per heavy atom. The number of fused-ring (bicyclic) bond motifs is 1. The third-order valence-corrected chi connectivity index (χ3v) is 8.91. The third kappa shape index (κ3) is 6.40. The Balaban J connectivity index is 1.21. The number of benzene rings is 3. The molecule has 1 heterocycles. The first-order valence-corrected chi connectivity index (χ1v) is 14.7. The highest BCUT2D eigenvalue weighted by Gasteiger charge is 2.22. The van der Waals surface area contributed by atoms with E-state index in [0.717, 1.165) is 52.9 Å². The number of thiazole rings is 1. The molecule has 2 N–H and O–H groups in total. The van der Waals surface area contributed by atoms with E-state index in [2.05, 4.69) is 45.9 Å². The van der Waals surface area contributed by atoms with Gasteiger partial charge in [-0.05, 0) is 54.3 Å². The zero-order valence-electron chi connectivity index (χ0n) is 20.9. The lowest BCUT2D eigenvalue weighted by Crippen LogP contribution is -2.25. The summed E-state index contributed by atoms with van der Waals surface area (Å²) in [6.07, 6.45) is 6.10. The highest BCUT2D eigenvalue weighted by Crippen LogP contribution is 2.32. The molecular weight excluding hydrogens is 498 g/mol. The van der Waals surface area contributed by atoms with Crippen molar-refractivity contribution in [1.82, 2.24) is 4.98 Å². The van der Waals surface area contributed by atoms with Gasteiger partial charge in [0, 0.05) is 27.4 Å². The molecule has 37 heavy (non-hydrogen) atoms. The van der Waals surface area contributed by atoms with E-state index >= 15 is 0 Å². The summed E-state index contributed by atoms with van der Waals surface area (Å²) in [5, 5.41) is 10.8. The summed E-state index contributed by atoms with van der Waals surface area (Å²) in [7, 11) is 0. The number of thioether (sulfide) groups is 1. The molecule has 5 rings (SSSR count). The number of aromatic nitrogens is 1. The van der Waals surface area contributed by atoms with E-state index in [1.807, 2.05) is 48.7 Å². The molecule has 0 aliphatic heterocycles. The molecule has 1 fully saturated rings. The first kappa shape index (κ1) is 25.5. The maximum Gasteiger partial charge on any atom is 0.239 e. The predicted octanol–water partition coefficient (Wildman–Crippen LogP) is 7.99. The van der Waals surface area contributed by atoms with Crippen LogP contribution in [0.5, 0.6) is 0 Å². The van der Waals surface area contributed by atoms with Gasteiger partial charge in [-0.1, -0.05) is 68.7 Å². The monoisotopic (exact) mass is 529 g/mol. The number of rotatable bonds is 8. The Bertz CT molecular complexity index is 1390. The molecule has 3 aromatic carbocycles. The van der Waals surface area contributed by atoms with Gasteiger partial charge in [0.15, 0.2) is 5.13 Å². The molecule has 0 bridgehead atoms. The van der Waals surface area contributed by atoms with E-state index in [9.17, 15) is 9.59 Å². The zero-order chi connectivity index (χ0) is 25.6. The molecule has 2 amide bonds. The van der Waals surface area contributed by atoms with Gasteiger partial charge < -0.3 is 10.6 Å². The van der Waals surface area contributed by atoms with Crippen molar-refractivity contribution in [2.45, 2.75) is 55.6 Å². The predicted molar refractivity (Wildman–Crippen MR) is 155 cm³/mol. The van der Waals surface area contributed by atoms with Gasteiger partial charge in [0.25, 0.3) is 0 Å². The number of hydrogen-bond donors (Lipinski definition) is 2. The Morgan fingerprint density at radius 1 is 0.973 bits per heavy atom. The van der Waals surface area contributed by atoms with Crippen LogP contribution in [0.4, 0.5) is 10.8 Å². The Morgan fingerprint density at radius 3 is 2.59 bits per heavy atom. The van der Waals surface area contributed by atoms with Gasteiger partial charge in [0.2, 0.25) is 11.8 Å². The lowest BCUT2D eigenvalue weighted by molar-refractivity contribution is -0.120. The minimum Gasteiger partial charge on any atom is -0.326 e. The minimum atomic E-state index is -0.266. The molecule has 5 nitrogen and oxygen atoms in total. The van der Waals surface area contributed by atoms with E-state index in [4.69, 9.17) is 0 Å². The molecular formula is C30H31N3O2S2. The Hall–Kier alpha value is -3.16. The molecule has 4 aromatic rings. The molecule has 1 aromatic heterocycles. The standard InChI is InChI=1S/C30H31N3O2S2/c1-2-27(37-25-14-8-13-24(18-25)31-28(34)21-10-4-3-5-11-21)29(35)33-30-32-26(19-36-30)23-16-15-20-9-6-7-12-22(20)17-23/h6-9,12-19,21,27H,2-5,10-11H2,1H3,(H,31,34)(H,32,33,35). The average molecular weight is 530 g/mol. The third-order valence-electron chi connectivity index (χ3n) is 6.80. The molecule has 7 heteroatoms. The lowest BCUT2D eigenvalue weighted by Gasteiger charge is -2.21. The van der Waals surface area contributed by atoms with Crippen molar-refractivity contribution >= 4 is 56.5 Å². The summed E-state index contributed by atoms with van der Waals surface area (Å²) in [6, 6.07) is 22.3. The summed E-state index contributed by atoms with van der Waals surface area (Å²) in [5.74, 6) is 0.151. The van der Waals surface area contributed by atoms with Gasteiger partial charge >= 0.3 is 0 Å². The van der Waals surface area contributed by atoms with Crippen LogP contribution < -0.4 is 10.6 Å². The topological polar surface area (TPSA) is 71.1 Å². The fraction of sp³-hybridized carbons (Fsp3) is 0.300. The molecule has 0 spiro atoms. The second kappa shape index (κ2) is 11.9. The smallest absolute Gasteiger partial charge is 0.239 e. The number of nitrogens with one attached hydrogen (secondary N) is 2. The largest absolute Gasteiger partial charge is 0.326 e. The van der Waals surface area contributed by atoms with E-state index in [0.29, 0.717) is 11.6 Å². The summed E-state index contributed by atoms with van der Waals surface area (Å²) >= 11 is 2.95. The van der Waals surface area contributed by atoms with Gasteiger partial charge in [-0.3, -0.25) is 9.59 Å². The van der Waals surface area contributed by atoms with Crippen molar-refractivity contribution < 1.29 is 9.59 Å². The van der Waals surface area contributed by atoms with Crippen LogP contribution in [0.1, 0.15) is 45.4 Å². The fourth-order valence-corrected chi connectivity index (χ4v) is 6.48. The molecule has 190 valence electrons. The summed E-state index contributed by atoms with van der Waals surface area (Å²) in [6.45, 7) is 2.01. The minimum absolute atomic E-state index is 0.0662. The maximum atomic E-state index is 13.1. The second-order valence-electron chi connectivity index (χ2n) is 9.46. The van der Waals surface area contributed by atoms with Crippen LogP contribution in [0.3, 0.4) is 0 Å². The molecule has 0 radical (unpaired) electrons. The second-order valence-corrected chi connectivity index (χ2v) is 11.6. The molecule has 0 saturated heterocycles. The summed E-state index contributed by atoms with van der Waals surface area (Å²) in [5.41, 5.74) is 2.67. The van der Waals surface area contributed by atoms with Gasteiger partial charge in [0.05, 0.1) is 10.9 Å². The number of hydrogen-bond acceptors (Lipinski definition) is 5. The molecule has 1 aliphatic carbocycles. The van der Waals surface area contributed by atoms with Crippen LogP contribution in [0.25, 0.3) is 22.0 Å². The number of nitrogens with zero attached hydrogens (tertiary/aromatic N) is 1. The van der Waals surface area contributed by atoms with E-state index < -0.39 is 0 Å². The van der Waals surface area contributed by atoms with Crippen LogP contribution in [0.2, 0.25) is 0 Å². The average Bonchev–Trinajstić information content (AvgIpc) is 3.40. The molecule has 1 atom stereocenters. The number of carbonyl (C=O) groups excluding carboxylic acids is 2. The summed E-state index contributed by atoms with van der Waals surface area (Å²) in [4.78, 5) is 31.4. The van der Waals surface area contributed by atoms with Crippen molar-refractivity contribution in [2.24, 2.45) is 5.92 Å². The Labute approximate surface area is 226 Å². The SMILES string of the molecule is CCC(Sc1cccc(NC(=O)C2CCCCC2)c1)C(=O)Nc1nc(-c2ccc3ccccc3c2)cs1. The number of anilines is 2. The van der Waals surface area contributed by atoms with Crippen LogP contribution in [0.15, 0.2) is 77.0 Å². The van der Waals surface area contributed by atoms with Crippen molar-refractivity contribution in [3.05, 3.63) is 72.1 Å². The normalized spacial score (nSPS) is 14.8. The highest BCUT2D eigenvalue weighted by molar-refractivity contribution is 8.00. The van der Waals surface area contributed by atoms with Crippen LogP contribution >= 0.6 is 23.1 Å². The highest BCUT2D eigenvalue weighted by atomic mass is 32.2. The van der Waals surface area contributed by atoms with Gasteiger partial charge in [-0.25, -0.2) is 4.98 Å². The van der Waals surface area contributed by atoms with Crippen LogP contribution in [-0.2, 0) is 9.59 Å². The lowest BCUT2D eigenvalue weighted by atomic mass is 9.88. The van der Waals surface area contributed by atoms with Crippen molar-refractivity contribution in [3.63, 3.8) is 0 Å². The van der Waals surface area contributed by atoms with Crippen LogP contribution in [-0.4, -0.2) is 22.0 Å². The van der Waals surface area contributed by atoms with E-state index in [1.54, 1.807) is 0 Å². The maximum absolute atomic E-state index is 13.1. The van der Waals surface area contributed by atoms with E-state index in [-0.39, 0.29) is 23.0 Å². The van der Waals surface area contributed by atoms with Crippen molar-refractivity contribution in [2.75, 3.05) is 10.6 Å². The number of amides is 2. The first-order valence-electron chi connectivity index (χ1n) is 12.9. The molecule has 1 aliphatic rings.